The molecule has 0 aliphatic rings. The van der Waals surface area contributed by atoms with Crippen LogP contribution in [0.5, 0.6) is 5.75 Å². The van der Waals surface area contributed by atoms with Crippen molar-refractivity contribution in [2.45, 2.75) is 13.2 Å². The fourth-order valence-corrected chi connectivity index (χ4v) is 2.18. The Morgan fingerprint density at radius 3 is 2.76 bits per heavy atom. The number of benzene rings is 2. The van der Waals surface area contributed by atoms with E-state index < -0.39 is 0 Å². The van der Waals surface area contributed by atoms with Gasteiger partial charge in [-0.05, 0) is 29.8 Å². The Labute approximate surface area is 122 Å². The van der Waals surface area contributed by atoms with E-state index in [1.807, 2.05) is 54.6 Å². The van der Waals surface area contributed by atoms with Gasteiger partial charge in [0.25, 0.3) is 0 Å². The van der Waals surface area contributed by atoms with Crippen LogP contribution in [0, 0.1) is 0 Å². The molecule has 0 bridgehead atoms. The normalized spacial score (nSPS) is 10.7. The molecule has 0 spiro atoms. The lowest BCUT2D eigenvalue weighted by Crippen LogP contribution is -2.03. The van der Waals surface area contributed by atoms with E-state index in [2.05, 4.69) is 4.98 Å². The van der Waals surface area contributed by atoms with Crippen molar-refractivity contribution in [3.05, 3.63) is 65.7 Å². The third-order valence-electron chi connectivity index (χ3n) is 3.31. The molecule has 3 N–H and O–H groups in total. The number of aromatic nitrogens is 1. The van der Waals surface area contributed by atoms with Crippen LogP contribution >= 0.6 is 0 Å². The number of ether oxygens (including phenoxy) is 1. The lowest BCUT2D eigenvalue weighted by atomic mass is 10.1. The van der Waals surface area contributed by atoms with Crippen molar-refractivity contribution in [1.29, 1.82) is 0 Å². The molecule has 1 heterocycles. The number of rotatable bonds is 4. The molecule has 3 aromatic rings. The van der Waals surface area contributed by atoms with E-state index >= 15 is 0 Å². The number of aliphatic hydroxyl groups is 1. The predicted octanol–water partition coefficient (Wildman–Crippen LogP) is 2.89. The quantitative estimate of drug-likeness (QED) is 0.771. The summed E-state index contributed by atoms with van der Waals surface area (Å²) in [6, 6.07) is 17.2. The van der Waals surface area contributed by atoms with E-state index in [4.69, 9.17) is 15.6 Å². The Kier molecular flexibility index (Phi) is 3.71. The Bertz CT molecular complexity index is 772. The van der Waals surface area contributed by atoms with Crippen molar-refractivity contribution >= 4 is 16.7 Å². The maximum Gasteiger partial charge on any atom is 0.130 e. The summed E-state index contributed by atoms with van der Waals surface area (Å²) in [4.78, 5) is 4.38. The van der Waals surface area contributed by atoms with Gasteiger partial charge in [-0.2, -0.15) is 0 Å². The molecule has 4 heteroatoms. The summed E-state index contributed by atoms with van der Waals surface area (Å²) < 4.78 is 5.73. The minimum atomic E-state index is -0.00311. The Balaban J connectivity index is 1.82. The zero-order chi connectivity index (χ0) is 14.7. The molecule has 3 rings (SSSR count). The van der Waals surface area contributed by atoms with Crippen LogP contribution < -0.4 is 10.5 Å². The molecule has 0 saturated carbocycles. The van der Waals surface area contributed by atoms with Crippen LogP contribution in [0.1, 0.15) is 11.1 Å². The van der Waals surface area contributed by atoms with Crippen molar-refractivity contribution in [1.82, 2.24) is 4.98 Å². The van der Waals surface area contributed by atoms with Gasteiger partial charge in [0, 0.05) is 10.9 Å². The summed E-state index contributed by atoms with van der Waals surface area (Å²) in [5.74, 6) is 1.18. The van der Waals surface area contributed by atoms with Crippen LogP contribution in [0.4, 0.5) is 5.82 Å². The first kappa shape index (κ1) is 13.4. The third-order valence-corrected chi connectivity index (χ3v) is 3.31. The molecular weight excluding hydrogens is 264 g/mol. The molecule has 4 nitrogen and oxygen atoms in total. The number of nitrogen functional groups attached to an aromatic ring is 1. The summed E-state index contributed by atoms with van der Waals surface area (Å²) in [6.45, 7) is 0.343. The summed E-state index contributed by atoms with van der Waals surface area (Å²) in [5.41, 5.74) is 8.52. The van der Waals surface area contributed by atoms with Crippen LogP contribution in [0.15, 0.2) is 54.6 Å². The summed E-state index contributed by atoms with van der Waals surface area (Å²) in [5, 5.41) is 10.2. The Hall–Kier alpha value is -2.59. The zero-order valence-corrected chi connectivity index (χ0v) is 11.5. The van der Waals surface area contributed by atoms with Crippen LogP contribution in [-0.4, -0.2) is 10.1 Å². The van der Waals surface area contributed by atoms with Gasteiger partial charge in [0.15, 0.2) is 0 Å². The first-order valence-electron chi connectivity index (χ1n) is 6.73. The Morgan fingerprint density at radius 2 is 1.90 bits per heavy atom. The minimum Gasteiger partial charge on any atom is -0.489 e. The summed E-state index contributed by atoms with van der Waals surface area (Å²) >= 11 is 0. The van der Waals surface area contributed by atoms with Gasteiger partial charge in [-0.3, -0.25) is 0 Å². The monoisotopic (exact) mass is 280 g/mol. The number of hydrogen-bond acceptors (Lipinski definition) is 4. The van der Waals surface area contributed by atoms with Crippen LogP contribution in [0.2, 0.25) is 0 Å². The first-order valence-corrected chi connectivity index (χ1v) is 6.73. The van der Waals surface area contributed by atoms with E-state index in [9.17, 15) is 0 Å². The summed E-state index contributed by atoms with van der Waals surface area (Å²) in [7, 11) is 0. The van der Waals surface area contributed by atoms with Gasteiger partial charge >= 0.3 is 0 Å². The van der Waals surface area contributed by atoms with Gasteiger partial charge in [-0.1, -0.05) is 30.3 Å². The predicted molar refractivity (Wildman–Crippen MR) is 82.9 cm³/mol. The van der Waals surface area contributed by atoms with Crippen LogP contribution in [0.3, 0.4) is 0 Å². The van der Waals surface area contributed by atoms with E-state index in [-0.39, 0.29) is 6.61 Å². The number of fused-ring (bicyclic) bond motifs is 1. The molecule has 1 aromatic heterocycles. The molecule has 0 unspecified atom stereocenters. The molecule has 0 atom stereocenters. The van der Waals surface area contributed by atoms with Gasteiger partial charge in [0.2, 0.25) is 0 Å². The molecule has 0 saturated heterocycles. The average molecular weight is 280 g/mol. The Morgan fingerprint density at radius 1 is 1.05 bits per heavy atom. The number of nitrogens with two attached hydrogens (primary N) is 1. The SMILES string of the molecule is Nc1nc2ccccc2cc1COc1cccc(CO)c1. The second kappa shape index (κ2) is 5.81. The molecule has 2 aromatic carbocycles. The molecule has 0 amide bonds. The van der Waals surface area contributed by atoms with Crippen molar-refractivity contribution in [2.24, 2.45) is 0 Å². The number of aliphatic hydroxyl groups excluding tert-OH is 1. The number of nitrogens with zero attached hydrogens (tertiary/aromatic N) is 1. The van der Waals surface area contributed by atoms with E-state index in [1.165, 1.54) is 0 Å². The lowest BCUT2D eigenvalue weighted by Gasteiger charge is -2.10. The number of anilines is 1. The average Bonchev–Trinajstić information content (AvgIpc) is 2.53. The molecule has 21 heavy (non-hydrogen) atoms. The highest BCUT2D eigenvalue weighted by Crippen LogP contribution is 2.21. The maximum atomic E-state index is 9.12. The van der Waals surface area contributed by atoms with Gasteiger partial charge in [0.1, 0.15) is 18.2 Å². The van der Waals surface area contributed by atoms with E-state index in [1.54, 1.807) is 0 Å². The van der Waals surface area contributed by atoms with Crippen molar-refractivity contribution < 1.29 is 9.84 Å². The maximum absolute atomic E-state index is 9.12. The second-order valence-corrected chi connectivity index (χ2v) is 4.82. The molecule has 0 radical (unpaired) electrons. The minimum absolute atomic E-state index is 0.00311. The van der Waals surface area contributed by atoms with Crippen molar-refractivity contribution in [2.75, 3.05) is 5.73 Å². The molecule has 0 aliphatic carbocycles. The smallest absolute Gasteiger partial charge is 0.130 e. The number of para-hydroxylation sites is 1. The van der Waals surface area contributed by atoms with Gasteiger partial charge in [-0.25, -0.2) is 4.98 Å². The van der Waals surface area contributed by atoms with Gasteiger partial charge in [0.05, 0.1) is 12.1 Å². The highest BCUT2D eigenvalue weighted by atomic mass is 16.5. The molecule has 0 fully saturated rings. The lowest BCUT2D eigenvalue weighted by molar-refractivity contribution is 0.278. The fraction of sp³-hybridized carbons (Fsp3) is 0.118. The highest BCUT2D eigenvalue weighted by molar-refractivity contribution is 5.81. The summed E-state index contributed by atoms with van der Waals surface area (Å²) in [6.07, 6.45) is 0. The molecule has 106 valence electrons. The van der Waals surface area contributed by atoms with Crippen molar-refractivity contribution in [3.8, 4) is 5.75 Å². The second-order valence-electron chi connectivity index (χ2n) is 4.82. The standard InChI is InChI=1S/C17H16N2O2/c18-17-14(9-13-5-1-2-7-16(13)19-17)11-21-15-6-3-4-12(8-15)10-20/h1-9,20H,10-11H2,(H2,18,19). The van der Waals surface area contributed by atoms with Crippen LogP contribution in [-0.2, 0) is 13.2 Å². The van der Waals surface area contributed by atoms with Crippen LogP contribution in [0.25, 0.3) is 10.9 Å². The van der Waals surface area contributed by atoms with E-state index in [0.29, 0.717) is 18.2 Å². The molecular formula is C17H16N2O2. The van der Waals surface area contributed by atoms with E-state index in [0.717, 1.165) is 22.0 Å². The topological polar surface area (TPSA) is 68.4 Å². The highest BCUT2D eigenvalue weighted by Gasteiger charge is 2.05. The number of hydrogen-bond donors (Lipinski definition) is 2. The molecule has 0 aliphatic heterocycles. The van der Waals surface area contributed by atoms with Gasteiger partial charge < -0.3 is 15.6 Å². The number of pyridine rings is 1. The fourth-order valence-electron chi connectivity index (χ4n) is 2.18. The third kappa shape index (κ3) is 2.95. The first-order chi connectivity index (χ1) is 10.3. The van der Waals surface area contributed by atoms with Crippen molar-refractivity contribution in [3.63, 3.8) is 0 Å². The largest absolute Gasteiger partial charge is 0.489 e. The zero-order valence-electron chi connectivity index (χ0n) is 11.5. The van der Waals surface area contributed by atoms with Gasteiger partial charge in [-0.15, -0.1) is 0 Å².